The number of benzene rings is 1. The molecule has 0 radical (unpaired) electrons. The maximum Gasteiger partial charge on any atom is 0.417 e. The van der Waals surface area contributed by atoms with Crippen LogP contribution in [-0.2, 0) is 19.1 Å². The second-order valence-electron chi connectivity index (χ2n) is 6.33. The molecule has 7 heteroatoms. The van der Waals surface area contributed by atoms with E-state index in [2.05, 4.69) is 15.2 Å². The molecule has 0 unspecified atom stereocenters. The number of carbonyl (C=O) groups is 1. The van der Waals surface area contributed by atoms with E-state index in [0.717, 1.165) is 44.5 Å². The Labute approximate surface area is 150 Å². The molecule has 1 aromatic carbocycles. The minimum absolute atomic E-state index is 0.103. The first-order valence-corrected chi connectivity index (χ1v) is 8.50. The fraction of sp³-hybridized carbons (Fsp3) is 0.368. The summed E-state index contributed by atoms with van der Waals surface area (Å²) in [6.45, 7) is 4.54. The minimum atomic E-state index is -4.54. The lowest BCUT2D eigenvalue weighted by molar-refractivity contribution is -0.137. The summed E-state index contributed by atoms with van der Waals surface area (Å²) in [6.07, 6.45) is -3.07. The number of nitrogens with zero attached hydrogens (tertiary/aromatic N) is 2. The molecule has 138 valence electrons. The summed E-state index contributed by atoms with van der Waals surface area (Å²) in [5, 5.41) is 3.28. The smallest absolute Gasteiger partial charge is 0.314 e. The maximum atomic E-state index is 13.0. The molecule has 1 saturated heterocycles. The summed E-state index contributed by atoms with van der Waals surface area (Å²) in [7, 11) is 0. The molecule has 1 aromatic heterocycles. The van der Waals surface area contributed by atoms with Gasteiger partial charge in [0.15, 0.2) is 5.78 Å². The Kier molecular flexibility index (Phi) is 5.68. The number of rotatable bonds is 5. The van der Waals surface area contributed by atoms with E-state index >= 15 is 0 Å². The van der Waals surface area contributed by atoms with Gasteiger partial charge in [-0.15, -0.1) is 0 Å². The van der Waals surface area contributed by atoms with Crippen LogP contribution in [0, 0.1) is 0 Å². The quantitative estimate of drug-likeness (QED) is 0.830. The van der Waals surface area contributed by atoms with E-state index in [4.69, 9.17) is 0 Å². The van der Waals surface area contributed by atoms with Crippen LogP contribution >= 0.6 is 0 Å². The molecule has 3 rings (SSSR count). The SMILES string of the molecule is O=C(Cc1ccc(CN2CCNCC2)nc1)c1ccccc1C(F)(F)F. The number of nitrogens with one attached hydrogen (secondary N) is 1. The molecular formula is C19H20F3N3O. The number of halogens is 3. The predicted octanol–water partition coefficient (Wildman–Crippen LogP) is 2.93. The molecule has 1 fully saturated rings. The third-order valence-corrected chi connectivity index (χ3v) is 4.38. The Morgan fingerprint density at radius 2 is 1.85 bits per heavy atom. The molecule has 0 atom stereocenters. The summed E-state index contributed by atoms with van der Waals surface area (Å²) < 4.78 is 39.1. The van der Waals surface area contributed by atoms with Gasteiger partial charge in [0.2, 0.25) is 0 Å². The maximum absolute atomic E-state index is 13.0. The van der Waals surface area contributed by atoms with Gasteiger partial charge in [-0.05, 0) is 17.7 Å². The summed E-state index contributed by atoms with van der Waals surface area (Å²) >= 11 is 0. The first-order valence-electron chi connectivity index (χ1n) is 8.50. The summed E-state index contributed by atoms with van der Waals surface area (Å²) in [5.41, 5.74) is 0.299. The zero-order valence-electron chi connectivity index (χ0n) is 14.2. The number of carbonyl (C=O) groups excluding carboxylic acids is 1. The van der Waals surface area contributed by atoms with Crippen molar-refractivity contribution in [2.24, 2.45) is 0 Å². The Hall–Kier alpha value is -2.25. The van der Waals surface area contributed by atoms with Crippen molar-refractivity contribution >= 4 is 5.78 Å². The van der Waals surface area contributed by atoms with Crippen LogP contribution in [0.5, 0.6) is 0 Å². The van der Waals surface area contributed by atoms with E-state index in [-0.39, 0.29) is 12.0 Å². The number of piperazine rings is 1. The van der Waals surface area contributed by atoms with Gasteiger partial charge in [-0.3, -0.25) is 14.7 Å². The fourth-order valence-corrected chi connectivity index (χ4v) is 3.01. The highest BCUT2D eigenvalue weighted by Crippen LogP contribution is 2.32. The molecule has 0 amide bonds. The van der Waals surface area contributed by atoms with E-state index in [1.165, 1.54) is 18.2 Å². The van der Waals surface area contributed by atoms with Crippen molar-refractivity contribution in [2.45, 2.75) is 19.1 Å². The lowest BCUT2D eigenvalue weighted by atomic mass is 9.99. The van der Waals surface area contributed by atoms with Gasteiger partial charge in [-0.25, -0.2) is 0 Å². The molecule has 2 heterocycles. The molecule has 1 N–H and O–H groups in total. The van der Waals surface area contributed by atoms with E-state index in [0.29, 0.717) is 5.56 Å². The molecule has 0 saturated carbocycles. The van der Waals surface area contributed by atoms with Gasteiger partial charge in [0.05, 0.1) is 11.3 Å². The lowest BCUT2D eigenvalue weighted by Gasteiger charge is -2.26. The number of ketones is 1. The normalized spacial score (nSPS) is 15.8. The number of aromatic nitrogens is 1. The Morgan fingerprint density at radius 3 is 2.50 bits per heavy atom. The summed E-state index contributed by atoms with van der Waals surface area (Å²) in [4.78, 5) is 19.0. The van der Waals surface area contributed by atoms with E-state index < -0.39 is 17.5 Å². The van der Waals surface area contributed by atoms with Gasteiger partial charge >= 0.3 is 6.18 Å². The van der Waals surface area contributed by atoms with Crippen LogP contribution in [0.1, 0.15) is 27.2 Å². The predicted molar refractivity (Wildman–Crippen MR) is 91.9 cm³/mol. The van der Waals surface area contributed by atoms with Crippen LogP contribution in [0.25, 0.3) is 0 Å². The zero-order chi connectivity index (χ0) is 18.6. The van der Waals surface area contributed by atoms with Crippen molar-refractivity contribution in [3.63, 3.8) is 0 Å². The molecule has 26 heavy (non-hydrogen) atoms. The summed E-state index contributed by atoms with van der Waals surface area (Å²) in [5.74, 6) is -0.561. The molecule has 0 spiro atoms. The van der Waals surface area contributed by atoms with Crippen LogP contribution in [0.4, 0.5) is 13.2 Å². The van der Waals surface area contributed by atoms with Gasteiger partial charge in [0.25, 0.3) is 0 Å². The number of pyridine rings is 1. The van der Waals surface area contributed by atoms with Gasteiger partial charge in [0.1, 0.15) is 0 Å². The lowest BCUT2D eigenvalue weighted by Crippen LogP contribution is -2.43. The highest BCUT2D eigenvalue weighted by molar-refractivity contribution is 5.99. The molecule has 2 aromatic rings. The van der Waals surface area contributed by atoms with Crippen LogP contribution in [0.2, 0.25) is 0 Å². The molecule has 4 nitrogen and oxygen atoms in total. The topological polar surface area (TPSA) is 45.2 Å². The number of hydrogen-bond donors (Lipinski definition) is 1. The second-order valence-corrected chi connectivity index (χ2v) is 6.33. The van der Waals surface area contributed by atoms with Crippen molar-refractivity contribution in [3.05, 3.63) is 65.0 Å². The molecule has 0 aliphatic carbocycles. The van der Waals surface area contributed by atoms with Crippen molar-refractivity contribution in [1.29, 1.82) is 0 Å². The van der Waals surface area contributed by atoms with E-state index in [1.54, 1.807) is 12.3 Å². The van der Waals surface area contributed by atoms with E-state index in [1.807, 2.05) is 6.07 Å². The Bertz CT molecular complexity index is 753. The van der Waals surface area contributed by atoms with Crippen LogP contribution in [0.3, 0.4) is 0 Å². The van der Waals surface area contributed by atoms with Crippen LogP contribution < -0.4 is 5.32 Å². The van der Waals surface area contributed by atoms with Crippen molar-refractivity contribution in [1.82, 2.24) is 15.2 Å². The molecule has 0 bridgehead atoms. The molecule has 1 aliphatic rings. The van der Waals surface area contributed by atoms with Gasteiger partial charge in [0, 0.05) is 50.9 Å². The van der Waals surface area contributed by atoms with Crippen molar-refractivity contribution in [2.75, 3.05) is 26.2 Å². The third-order valence-electron chi connectivity index (χ3n) is 4.38. The third kappa shape index (κ3) is 4.68. The van der Waals surface area contributed by atoms with Gasteiger partial charge < -0.3 is 5.32 Å². The van der Waals surface area contributed by atoms with Gasteiger partial charge in [-0.2, -0.15) is 13.2 Å². The van der Waals surface area contributed by atoms with Gasteiger partial charge in [-0.1, -0.05) is 24.3 Å². The first kappa shape index (κ1) is 18.5. The highest BCUT2D eigenvalue weighted by atomic mass is 19.4. The zero-order valence-corrected chi connectivity index (χ0v) is 14.2. The number of Topliss-reactive ketones (excluding diaryl/α,β-unsaturated/α-hetero) is 1. The second kappa shape index (κ2) is 7.97. The number of hydrogen-bond acceptors (Lipinski definition) is 4. The minimum Gasteiger partial charge on any atom is -0.314 e. The highest BCUT2D eigenvalue weighted by Gasteiger charge is 2.34. The largest absolute Gasteiger partial charge is 0.417 e. The summed E-state index contributed by atoms with van der Waals surface area (Å²) in [6, 6.07) is 8.47. The monoisotopic (exact) mass is 363 g/mol. The Balaban J connectivity index is 1.67. The average molecular weight is 363 g/mol. The Morgan fingerprint density at radius 1 is 1.12 bits per heavy atom. The molecule has 1 aliphatic heterocycles. The molecular weight excluding hydrogens is 343 g/mol. The van der Waals surface area contributed by atoms with Crippen LogP contribution in [-0.4, -0.2) is 41.8 Å². The average Bonchev–Trinajstić information content (AvgIpc) is 2.63. The fourth-order valence-electron chi connectivity index (χ4n) is 3.01. The van der Waals surface area contributed by atoms with Crippen LogP contribution in [0.15, 0.2) is 42.6 Å². The van der Waals surface area contributed by atoms with E-state index in [9.17, 15) is 18.0 Å². The van der Waals surface area contributed by atoms with Crippen molar-refractivity contribution < 1.29 is 18.0 Å². The number of alkyl halides is 3. The standard InChI is InChI=1S/C19H20F3N3O/c20-19(21,22)17-4-2-1-3-16(17)18(26)11-14-5-6-15(24-12-14)13-25-9-7-23-8-10-25/h1-6,12,23H,7-11,13H2. The first-order chi connectivity index (χ1) is 12.4. The van der Waals surface area contributed by atoms with Crippen molar-refractivity contribution in [3.8, 4) is 0 Å².